The van der Waals surface area contributed by atoms with Gasteiger partial charge in [0.25, 0.3) is 0 Å². The molecule has 21 heavy (non-hydrogen) atoms. The molecule has 0 unspecified atom stereocenters. The molecule has 0 spiro atoms. The average molecular weight is 290 g/mol. The van der Waals surface area contributed by atoms with Crippen molar-refractivity contribution in [3.63, 3.8) is 0 Å². The maximum Gasteiger partial charge on any atom is 0.328 e. The van der Waals surface area contributed by atoms with Crippen molar-refractivity contribution in [2.45, 2.75) is 6.54 Å². The first-order valence-corrected chi connectivity index (χ1v) is 6.65. The van der Waals surface area contributed by atoms with Crippen LogP contribution in [0.15, 0.2) is 24.3 Å². The van der Waals surface area contributed by atoms with Gasteiger partial charge in [0.2, 0.25) is 5.91 Å². The first kappa shape index (κ1) is 15.1. The van der Waals surface area contributed by atoms with Gasteiger partial charge in [-0.2, -0.15) is 0 Å². The number of hydrogen-bond donors (Lipinski definition) is 2. The van der Waals surface area contributed by atoms with E-state index in [2.05, 4.69) is 5.32 Å². The standard InChI is InChI=1S/C15H18N2O4/c1-21-13-4-2-11(3-5-15(19)20)12(8-13)9-17-7-6-16-14(18)10-17/h2-5,8H,6-7,9-10H2,1H3,(H,16,18)(H,19,20). The van der Waals surface area contributed by atoms with Gasteiger partial charge >= 0.3 is 5.97 Å². The maximum absolute atomic E-state index is 11.4. The van der Waals surface area contributed by atoms with Crippen molar-refractivity contribution in [2.24, 2.45) is 0 Å². The number of piperazine rings is 1. The monoisotopic (exact) mass is 290 g/mol. The molecular weight excluding hydrogens is 272 g/mol. The molecule has 6 heteroatoms. The molecule has 1 aliphatic heterocycles. The molecule has 1 aliphatic rings. The van der Waals surface area contributed by atoms with Crippen molar-refractivity contribution >= 4 is 18.0 Å². The van der Waals surface area contributed by atoms with E-state index in [9.17, 15) is 9.59 Å². The van der Waals surface area contributed by atoms with E-state index in [4.69, 9.17) is 9.84 Å². The number of carbonyl (C=O) groups excluding carboxylic acids is 1. The molecule has 1 aromatic rings. The molecule has 0 atom stereocenters. The zero-order chi connectivity index (χ0) is 15.2. The molecule has 1 heterocycles. The molecule has 6 nitrogen and oxygen atoms in total. The lowest BCUT2D eigenvalue weighted by Gasteiger charge is -2.27. The number of nitrogens with one attached hydrogen (secondary N) is 1. The van der Waals surface area contributed by atoms with Crippen LogP contribution in [0.5, 0.6) is 5.75 Å². The highest BCUT2D eigenvalue weighted by Gasteiger charge is 2.17. The Hall–Kier alpha value is -2.34. The van der Waals surface area contributed by atoms with Crippen LogP contribution < -0.4 is 10.1 Å². The summed E-state index contributed by atoms with van der Waals surface area (Å²) in [4.78, 5) is 24.1. The molecule has 0 aliphatic carbocycles. The van der Waals surface area contributed by atoms with Crippen molar-refractivity contribution in [3.8, 4) is 5.75 Å². The zero-order valence-corrected chi connectivity index (χ0v) is 11.8. The molecule has 2 N–H and O–H groups in total. The molecule has 0 bridgehead atoms. The lowest BCUT2D eigenvalue weighted by Crippen LogP contribution is -2.47. The van der Waals surface area contributed by atoms with E-state index in [1.807, 2.05) is 17.0 Å². The first-order valence-electron chi connectivity index (χ1n) is 6.65. The predicted molar refractivity (Wildman–Crippen MR) is 78.0 cm³/mol. The van der Waals surface area contributed by atoms with Crippen molar-refractivity contribution in [3.05, 3.63) is 35.4 Å². The second-order valence-corrected chi connectivity index (χ2v) is 4.80. The number of carbonyl (C=O) groups is 2. The number of hydrogen-bond acceptors (Lipinski definition) is 4. The molecule has 1 amide bonds. The van der Waals surface area contributed by atoms with E-state index in [1.54, 1.807) is 19.3 Å². The topological polar surface area (TPSA) is 78.9 Å². The molecule has 1 fully saturated rings. The predicted octanol–water partition coefficient (Wildman–Crippen LogP) is 0.725. The van der Waals surface area contributed by atoms with Crippen LogP contribution in [0.4, 0.5) is 0 Å². The highest BCUT2D eigenvalue weighted by molar-refractivity contribution is 5.85. The van der Waals surface area contributed by atoms with Crippen molar-refractivity contribution in [1.29, 1.82) is 0 Å². The van der Waals surface area contributed by atoms with Crippen LogP contribution in [0.2, 0.25) is 0 Å². The van der Waals surface area contributed by atoms with Crippen molar-refractivity contribution in [2.75, 3.05) is 26.7 Å². The minimum atomic E-state index is -0.992. The molecule has 0 aromatic heterocycles. The lowest BCUT2D eigenvalue weighted by molar-refractivity contribution is -0.131. The highest BCUT2D eigenvalue weighted by Crippen LogP contribution is 2.21. The summed E-state index contributed by atoms with van der Waals surface area (Å²) in [7, 11) is 1.58. The van der Waals surface area contributed by atoms with Gasteiger partial charge in [0.1, 0.15) is 5.75 Å². The van der Waals surface area contributed by atoms with Gasteiger partial charge in [-0.25, -0.2) is 4.79 Å². The largest absolute Gasteiger partial charge is 0.497 e. The fraction of sp³-hybridized carbons (Fsp3) is 0.333. The fourth-order valence-electron chi connectivity index (χ4n) is 2.24. The Balaban J connectivity index is 2.21. The summed E-state index contributed by atoms with van der Waals surface area (Å²) < 4.78 is 5.21. The fourth-order valence-corrected chi connectivity index (χ4v) is 2.24. The third-order valence-corrected chi connectivity index (χ3v) is 3.27. The third kappa shape index (κ3) is 4.32. The summed E-state index contributed by atoms with van der Waals surface area (Å²) in [5.74, 6) is -0.278. The SMILES string of the molecule is COc1ccc(C=CC(=O)O)c(CN2CCNC(=O)C2)c1. The molecule has 1 saturated heterocycles. The lowest BCUT2D eigenvalue weighted by atomic mass is 10.1. The zero-order valence-electron chi connectivity index (χ0n) is 11.8. The van der Waals surface area contributed by atoms with Gasteiger partial charge in [0.15, 0.2) is 0 Å². The van der Waals surface area contributed by atoms with Crippen LogP contribution in [-0.2, 0) is 16.1 Å². The van der Waals surface area contributed by atoms with Gasteiger partial charge < -0.3 is 15.2 Å². The van der Waals surface area contributed by atoms with Gasteiger partial charge in [-0.05, 0) is 29.3 Å². The van der Waals surface area contributed by atoms with Crippen molar-refractivity contribution < 1.29 is 19.4 Å². The Bertz CT molecular complexity index is 569. The van der Waals surface area contributed by atoms with Crippen LogP contribution in [0.25, 0.3) is 6.08 Å². The van der Waals surface area contributed by atoms with E-state index in [0.29, 0.717) is 25.4 Å². The second-order valence-electron chi connectivity index (χ2n) is 4.80. The molecule has 1 aromatic carbocycles. The van der Waals surface area contributed by atoms with Crippen LogP contribution in [0.3, 0.4) is 0 Å². The van der Waals surface area contributed by atoms with Gasteiger partial charge in [-0.1, -0.05) is 6.07 Å². The summed E-state index contributed by atoms with van der Waals surface area (Å²) in [6.45, 7) is 2.32. The van der Waals surface area contributed by atoms with E-state index >= 15 is 0 Å². The number of aliphatic carboxylic acids is 1. The summed E-state index contributed by atoms with van der Waals surface area (Å²) in [6, 6.07) is 5.47. The summed E-state index contributed by atoms with van der Waals surface area (Å²) >= 11 is 0. The van der Waals surface area contributed by atoms with Gasteiger partial charge in [0.05, 0.1) is 13.7 Å². The van der Waals surface area contributed by atoms with Crippen LogP contribution in [-0.4, -0.2) is 48.6 Å². The Morgan fingerprint density at radius 3 is 3.00 bits per heavy atom. The minimum Gasteiger partial charge on any atom is -0.497 e. The van der Waals surface area contributed by atoms with Gasteiger partial charge in [-0.15, -0.1) is 0 Å². The molecule has 0 saturated carbocycles. The number of amides is 1. The van der Waals surface area contributed by atoms with E-state index < -0.39 is 5.97 Å². The number of benzene rings is 1. The number of carboxylic acid groups (broad SMARTS) is 1. The maximum atomic E-state index is 11.4. The third-order valence-electron chi connectivity index (χ3n) is 3.27. The van der Waals surface area contributed by atoms with Crippen LogP contribution in [0, 0.1) is 0 Å². The summed E-state index contributed by atoms with van der Waals surface area (Å²) in [5.41, 5.74) is 1.74. The number of carboxylic acids is 1. The molecule has 2 rings (SSSR count). The smallest absolute Gasteiger partial charge is 0.328 e. The number of ether oxygens (including phenoxy) is 1. The highest BCUT2D eigenvalue weighted by atomic mass is 16.5. The first-order chi connectivity index (χ1) is 10.1. The van der Waals surface area contributed by atoms with Gasteiger partial charge in [-0.3, -0.25) is 9.69 Å². The molecule has 112 valence electrons. The normalized spacial score (nSPS) is 16.0. The Morgan fingerprint density at radius 1 is 1.52 bits per heavy atom. The molecular formula is C15H18N2O4. The van der Waals surface area contributed by atoms with Gasteiger partial charge in [0, 0.05) is 25.7 Å². The Kier molecular flexibility index (Phi) is 4.94. The number of methoxy groups -OCH3 is 1. The quantitative estimate of drug-likeness (QED) is 0.781. The van der Waals surface area contributed by atoms with Crippen LogP contribution >= 0.6 is 0 Å². The summed E-state index contributed by atoms with van der Waals surface area (Å²) in [6.07, 6.45) is 2.66. The Morgan fingerprint density at radius 2 is 2.33 bits per heavy atom. The Labute approximate surface area is 123 Å². The minimum absolute atomic E-state index is 0.00627. The van der Waals surface area contributed by atoms with Crippen molar-refractivity contribution in [1.82, 2.24) is 10.2 Å². The number of rotatable bonds is 5. The number of nitrogens with zero attached hydrogens (tertiary/aromatic N) is 1. The molecule has 0 radical (unpaired) electrons. The second kappa shape index (κ2) is 6.90. The summed E-state index contributed by atoms with van der Waals surface area (Å²) in [5, 5.41) is 11.5. The van der Waals surface area contributed by atoms with Crippen LogP contribution in [0.1, 0.15) is 11.1 Å². The average Bonchev–Trinajstić information content (AvgIpc) is 2.45. The van der Waals surface area contributed by atoms with E-state index in [-0.39, 0.29) is 5.91 Å². The van der Waals surface area contributed by atoms with E-state index in [1.165, 1.54) is 0 Å². The van der Waals surface area contributed by atoms with E-state index in [0.717, 1.165) is 23.7 Å².